The molecule has 0 aliphatic rings. The largest absolute Gasteiger partial charge is 0.497 e. The Morgan fingerprint density at radius 2 is 1.93 bits per heavy atom. The molecule has 29 heavy (non-hydrogen) atoms. The molecule has 0 saturated carbocycles. The minimum Gasteiger partial charge on any atom is -0.497 e. The fourth-order valence-corrected chi connectivity index (χ4v) is 3.88. The van der Waals surface area contributed by atoms with E-state index in [0.717, 1.165) is 35.8 Å². The van der Waals surface area contributed by atoms with Crippen molar-refractivity contribution in [1.29, 1.82) is 0 Å². The number of ether oxygens (including phenoxy) is 1. The summed E-state index contributed by atoms with van der Waals surface area (Å²) in [4.78, 5) is 4.52. The average molecular weight is 550 g/mol. The third kappa shape index (κ3) is 9.82. The van der Waals surface area contributed by atoms with Crippen molar-refractivity contribution in [3.05, 3.63) is 64.7 Å². The van der Waals surface area contributed by atoms with Crippen molar-refractivity contribution >= 4 is 52.3 Å². The van der Waals surface area contributed by atoms with Gasteiger partial charge in [-0.2, -0.15) is 0 Å². The first kappa shape index (κ1) is 25.7. The Morgan fingerprint density at radius 3 is 2.59 bits per heavy atom. The number of nitrogens with one attached hydrogen (secondary N) is 2. The van der Waals surface area contributed by atoms with E-state index in [0.29, 0.717) is 29.6 Å². The average Bonchev–Trinajstić information content (AvgIpc) is 2.70. The zero-order valence-corrected chi connectivity index (χ0v) is 20.7. The molecular formula is C21H29ClIN3O2S. The third-order valence-corrected chi connectivity index (χ3v) is 5.70. The molecule has 0 aromatic heterocycles. The lowest BCUT2D eigenvalue weighted by atomic mass is 10.1. The molecular weight excluding hydrogens is 521 g/mol. The van der Waals surface area contributed by atoms with Crippen LogP contribution in [0, 0.1) is 0 Å². The molecule has 8 heteroatoms. The van der Waals surface area contributed by atoms with Crippen LogP contribution in [0.1, 0.15) is 18.1 Å². The van der Waals surface area contributed by atoms with Crippen molar-refractivity contribution < 1.29 is 8.95 Å². The predicted octanol–water partition coefficient (Wildman–Crippen LogP) is 4.01. The van der Waals surface area contributed by atoms with Crippen molar-refractivity contribution in [2.45, 2.75) is 19.1 Å². The van der Waals surface area contributed by atoms with Gasteiger partial charge in [-0.15, -0.1) is 24.0 Å². The summed E-state index contributed by atoms with van der Waals surface area (Å²) in [7, 11) is 0.699. The van der Waals surface area contributed by atoms with Crippen molar-refractivity contribution in [2.75, 3.05) is 32.5 Å². The molecule has 0 saturated heterocycles. The molecule has 0 amide bonds. The molecule has 2 aromatic carbocycles. The Balaban J connectivity index is 0.00000420. The number of nitrogens with zero attached hydrogens (tertiary/aromatic N) is 1. The highest BCUT2D eigenvalue weighted by Crippen LogP contribution is 2.22. The Bertz CT molecular complexity index is 791. The highest BCUT2D eigenvalue weighted by Gasteiger charge is 2.05. The van der Waals surface area contributed by atoms with Gasteiger partial charge in [0.1, 0.15) is 5.75 Å². The molecule has 0 radical (unpaired) electrons. The van der Waals surface area contributed by atoms with Crippen LogP contribution >= 0.6 is 35.6 Å². The maximum absolute atomic E-state index is 12.2. The SMILES string of the molecule is CCNC(=NCCS(=O)Cc1ccccc1)NCCc1ccc(OC)cc1Cl.I. The summed E-state index contributed by atoms with van der Waals surface area (Å²) in [6.45, 7) is 4.00. The molecule has 5 nitrogen and oxygen atoms in total. The Morgan fingerprint density at radius 1 is 1.17 bits per heavy atom. The van der Waals surface area contributed by atoms with Gasteiger partial charge in [0, 0.05) is 40.4 Å². The van der Waals surface area contributed by atoms with Gasteiger partial charge in [-0.1, -0.05) is 48.0 Å². The minimum absolute atomic E-state index is 0. The van der Waals surface area contributed by atoms with Crippen molar-refractivity contribution in [1.82, 2.24) is 10.6 Å². The summed E-state index contributed by atoms with van der Waals surface area (Å²) in [5, 5.41) is 7.20. The standard InChI is InChI=1S/C21H28ClN3O2S.HI/c1-3-23-21(24-12-11-18-9-10-19(27-2)15-20(18)22)25-13-14-28(26)16-17-7-5-4-6-8-17;/h4-10,15H,3,11-14,16H2,1-2H3,(H2,23,24,25);1H. The summed E-state index contributed by atoms with van der Waals surface area (Å²) in [6.07, 6.45) is 0.771. The van der Waals surface area contributed by atoms with Crippen molar-refractivity contribution in [3.63, 3.8) is 0 Å². The third-order valence-electron chi connectivity index (χ3n) is 4.05. The normalized spacial score (nSPS) is 12.0. The van der Waals surface area contributed by atoms with Crippen LogP contribution < -0.4 is 15.4 Å². The van der Waals surface area contributed by atoms with Gasteiger partial charge in [-0.3, -0.25) is 9.20 Å². The molecule has 160 valence electrons. The van der Waals surface area contributed by atoms with Crippen molar-refractivity contribution in [2.24, 2.45) is 4.99 Å². The number of rotatable bonds is 10. The molecule has 0 bridgehead atoms. The number of benzene rings is 2. The molecule has 0 aliphatic carbocycles. The Labute approximate surface area is 198 Å². The molecule has 1 atom stereocenters. The molecule has 0 spiro atoms. The molecule has 2 aromatic rings. The number of hydrogen-bond donors (Lipinski definition) is 2. The van der Waals surface area contributed by atoms with Crippen LogP contribution in [0.2, 0.25) is 5.02 Å². The summed E-state index contributed by atoms with van der Waals surface area (Å²) in [5.74, 6) is 2.58. The predicted molar refractivity (Wildman–Crippen MR) is 134 cm³/mol. The van der Waals surface area contributed by atoms with E-state index in [1.54, 1.807) is 7.11 Å². The van der Waals surface area contributed by atoms with E-state index in [1.807, 2.05) is 55.5 Å². The molecule has 0 aliphatic heterocycles. The van der Waals surface area contributed by atoms with Gasteiger partial charge in [-0.25, -0.2) is 0 Å². The highest BCUT2D eigenvalue weighted by atomic mass is 127. The summed E-state index contributed by atoms with van der Waals surface area (Å²) >= 11 is 6.28. The first-order valence-corrected chi connectivity index (χ1v) is 11.2. The topological polar surface area (TPSA) is 62.7 Å². The van der Waals surface area contributed by atoms with Gasteiger partial charge in [0.05, 0.1) is 13.7 Å². The minimum atomic E-state index is -0.925. The van der Waals surface area contributed by atoms with Crippen LogP contribution in [0.25, 0.3) is 0 Å². The van der Waals surface area contributed by atoms with Gasteiger partial charge in [-0.05, 0) is 36.6 Å². The van der Waals surface area contributed by atoms with E-state index in [-0.39, 0.29) is 24.0 Å². The van der Waals surface area contributed by atoms with Crippen molar-refractivity contribution in [3.8, 4) is 5.75 Å². The van der Waals surface area contributed by atoms with E-state index >= 15 is 0 Å². The zero-order chi connectivity index (χ0) is 20.2. The van der Waals surface area contributed by atoms with Crippen LogP contribution in [0.5, 0.6) is 5.75 Å². The first-order chi connectivity index (χ1) is 13.6. The van der Waals surface area contributed by atoms with Crippen LogP contribution in [0.15, 0.2) is 53.5 Å². The van der Waals surface area contributed by atoms with E-state index < -0.39 is 10.8 Å². The van der Waals surface area contributed by atoms with E-state index in [2.05, 4.69) is 15.6 Å². The van der Waals surface area contributed by atoms with Gasteiger partial charge < -0.3 is 15.4 Å². The lowest BCUT2D eigenvalue weighted by molar-refractivity contribution is 0.414. The highest BCUT2D eigenvalue weighted by molar-refractivity contribution is 14.0. The van der Waals surface area contributed by atoms with E-state index in [4.69, 9.17) is 16.3 Å². The second-order valence-corrected chi connectivity index (χ2v) is 8.15. The van der Waals surface area contributed by atoms with Gasteiger partial charge in [0.15, 0.2) is 5.96 Å². The number of aliphatic imine (C=N–C) groups is 1. The molecule has 0 heterocycles. The maximum atomic E-state index is 12.2. The van der Waals surface area contributed by atoms with Crippen LogP contribution in [0.3, 0.4) is 0 Å². The van der Waals surface area contributed by atoms with Gasteiger partial charge in [0.2, 0.25) is 0 Å². The lowest BCUT2D eigenvalue weighted by Gasteiger charge is -2.12. The molecule has 0 fully saturated rings. The number of guanidine groups is 1. The fourth-order valence-electron chi connectivity index (χ4n) is 2.61. The van der Waals surface area contributed by atoms with Crippen LogP contribution in [0.4, 0.5) is 0 Å². The zero-order valence-electron chi connectivity index (χ0n) is 16.8. The lowest BCUT2D eigenvalue weighted by Crippen LogP contribution is -2.38. The Hall–Kier alpha value is -1.32. The fraction of sp³-hybridized carbons (Fsp3) is 0.381. The van der Waals surface area contributed by atoms with Gasteiger partial charge >= 0.3 is 0 Å². The maximum Gasteiger partial charge on any atom is 0.191 e. The van der Waals surface area contributed by atoms with Crippen LogP contribution in [-0.4, -0.2) is 42.7 Å². The first-order valence-electron chi connectivity index (χ1n) is 9.36. The second-order valence-electron chi connectivity index (χ2n) is 6.17. The number of methoxy groups -OCH3 is 1. The molecule has 2 rings (SSSR count). The number of halogens is 2. The monoisotopic (exact) mass is 549 g/mol. The Kier molecular flexibility index (Phi) is 13.0. The summed E-state index contributed by atoms with van der Waals surface area (Å²) in [6, 6.07) is 15.6. The second kappa shape index (κ2) is 14.6. The number of hydrogen-bond acceptors (Lipinski definition) is 3. The summed E-state index contributed by atoms with van der Waals surface area (Å²) in [5.41, 5.74) is 2.14. The van der Waals surface area contributed by atoms with Crippen LogP contribution in [-0.2, 0) is 23.0 Å². The van der Waals surface area contributed by atoms with E-state index in [1.165, 1.54) is 0 Å². The van der Waals surface area contributed by atoms with E-state index in [9.17, 15) is 4.21 Å². The molecule has 2 N–H and O–H groups in total. The quantitative estimate of drug-likeness (QED) is 0.267. The summed E-state index contributed by atoms with van der Waals surface area (Å²) < 4.78 is 17.4. The van der Waals surface area contributed by atoms with Gasteiger partial charge in [0.25, 0.3) is 0 Å². The molecule has 1 unspecified atom stereocenters. The smallest absolute Gasteiger partial charge is 0.191 e.